The molecule has 1 amide bonds. The zero-order valence-corrected chi connectivity index (χ0v) is 10.9. The molecule has 0 radical (unpaired) electrons. The molecule has 4 nitrogen and oxygen atoms in total. The van der Waals surface area contributed by atoms with Crippen molar-refractivity contribution in [2.24, 2.45) is 0 Å². The summed E-state index contributed by atoms with van der Waals surface area (Å²) in [5.74, 6) is -0.264. The van der Waals surface area contributed by atoms with Crippen molar-refractivity contribution in [3.8, 4) is 0 Å². The van der Waals surface area contributed by atoms with Crippen LogP contribution in [0.3, 0.4) is 0 Å². The average Bonchev–Trinajstić information content (AvgIpc) is 2.75. The number of carbonyl (C=O) groups excluding carboxylic acids is 1. The zero-order chi connectivity index (χ0) is 13.3. The lowest BCUT2D eigenvalue weighted by Gasteiger charge is -2.17. The van der Waals surface area contributed by atoms with Crippen molar-refractivity contribution < 1.29 is 14.3 Å². The van der Waals surface area contributed by atoms with Crippen LogP contribution < -0.4 is 5.32 Å². The molecular formula is C13H14ClNO3. The lowest BCUT2D eigenvalue weighted by atomic mass is 10.1. The molecule has 0 fully saturated rings. The highest BCUT2D eigenvalue weighted by atomic mass is 35.5. The summed E-state index contributed by atoms with van der Waals surface area (Å²) < 4.78 is 5.22. The maximum Gasteiger partial charge on any atom is 0.252 e. The van der Waals surface area contributed by atoms with E-state index in [4.69, 9.17) is 16.0 Å². The normalized spacial score (nSPS) is 11.8. The summed E-state index contributed by atoms with van der Waals surface area (Å²) in [7, 11) is 0. The van der Waals surface area contributed by atoms with Gasteiger partial charge in [0.2, 0.25) is 0 Å². The highest BCUT2D eigenvalue weighted by Gasteiger charge is 2.17. The quantitative estimate of drug-likeness (QED) is 0.898. The van der Waals surface area contributed by atoms with Gasteiger partial charge in [-0.2, -0.15) is 0 Å². The number of benzene rings is 1. The van der Waals surface area contributed by atoms with Gasteiger partial charge in [-0.25, -0.2) is 0 Å². The van der Waals surface area contributed by atoms with Crippen LogP contribution >= 0.6 is 11.6 Å². The summed E-state index contributed by atoms with van der Waals surface area (Å²) in [6.07, 6.45) is 1.49. The first-order valence-corrected chi connectivity index (χ1v) is 5.92. The van der Waals surface area contributed by atoms with Gasteiger partial charge in [0.25, 0.3) is 5.91 Å². The van der Waals surface area contributed by atoms with Gasteiger partial charge in [-0.15, -0.1) is 0 Å². The monoisotopic (exact) mass is 267 g/mol. The predicted molar refractivity (Wildman–Crippen MR) is 69.9 cm³/mol. The van der Waals surface area contributed by atoms with E-state index in [1.807, 2.05) is 0 Å². The molecule has 1 aromatic carbocycles. The molecule has 1 aromatic heterocycles. The molecule has 96 valence electrons. The predicted octanol–water partition coefficient (Wildman–Crippen LogP) is 2.59. The Morgan fingerprint density at radius 2 is 2.17 bits per heavy atom. The number of hydrogen-bond donors (Lipinski definition) is 2. The molecule has 1 heterocycles. The van der Waals surface area contributed by atoms with E-state index in [2.05, 4.69) is 5.32 Å². The molecule has 0 aliphatic carbocycles. The van der Waals surface area contributed by atoms with E-state index < -0.39 is 5.60 Å². The Morgan fingerprint density at radius 3 is 2.83 bits per heavy atom. The number of halogens is 1. The van der Waals surface area contributed by atoms with Gasteiger partial charge < -0.3 is 14.8 Å². The van der Waals surface area contributed by atoms with Crippen LogP contribution in [-0.2, 0) is 0 Å². The van der Waals surface area contributed by atoms with Crippen LogP contribution in [-0.4, -0.2) is 23.2 Å². The third-order valence-corrected chi connectivity index (χ3v) is 2.79. The Kier molecular flexibility index (Phi) is 3.32. The van der Waals surface area contributed by atoms with Crippen molar-refractivity contribution in [2.75, 3.05) is 6.54 Å². The summed E-state index contributed by atoms with van der Waals surface area (Å²) in [4.78, 5) is 12.0. The molecule has 0 unspecified atom stereocenters. The van der Waals surface area contributed by atoms with E-state index in [0.717, 1.165) is 0 Å². The number of furan rings is 1. The van der Waals surface area contributed by atoms with Gasteiger partial charge >= 0.3 is 0 Å². The minimum absolute atomic E-state index is 0.174. The fourth-order valence-electron chi connectivity index (χ4n) is 1.62. The van der Waals surface area contributed by atoms with Crippen LogP contribution in [0.5, 0.6) is 0 Å². The molecule has 2 aromatic rings. The molecule has 5 heteroatoms. The van der Waals surface area contributed by atoms with E-state index >= 15 is 0 Å². The standard InChI is InChI=1S/C13H14ClNO3/c1-13(2,17)7-15-12(16)9-3-4-10(14)11-8(9)5-6-18-11/h3-6,17H,7H2,1-2H3,(H,15,16). The number of amides is 1. The Hall–Kier alpha value is -1.52. The smallest absolute Gasteiger partial charge is 0.252 e. The van der Waals surface area contributed by atoms with Crippen LogP contribution in [0.2, 0.25) is 5.02 Å². The summed E-state index contributed by atoms with van der Waals surface area (Å²) in [6.45, 7) is 3.43. The van der Waals surface area contributed by atoms with Crippen molar-refractivity contribution in [1.82, 2.24) is 5.32 Å². The van der Waals surface area contributed by atoms with E-state index in [1.54, 1.807) is 32.0 Å². The fraction of sp³-hybridized carbons (Fsp3) is 0.308. The maximum absolute atomic E-state index is 12.0. The van der Waals surface area contributed by atoms with Gasteiger partial charge in [-0.05, 0) is 32.0 Å². The first kappa shape index (κ1) is 12.9. The maximum atomic E-state index is 12.0. The molecule has 0 bridgehead atoms. The van der Waals surface area contributed by atoms with Gasteiger partial charge in [0.15, 0.2) is 5.58 Å². The van der Waals surface area contributed by atoms with Gasteiger partial charge in [0.05, 0.1) is 22.5 Å². The van der Waals surface area contributed by atoms with Crippen molar-refractivity contribution in [1.29, 1.82) is 0 Å². The third kappa shape index (κ3) is 2.66. The second-order valence-electron chi connectivity index (χ2n) is 4.75. The first-order chi connectivity index (χ1) is 8.38. The largest absolute Gasteiger partial charge is 0.463 e. The molecule has 0 atom stereocenters. The molecule has 0 aliphatic heterocycles. The second-order valence-corrected chi connectivity index (χ2v) is 5.16. The topological polar surface area (TPSA) is 62.5 Å². The average molecular weight is 268 g/mol. The molecule has 18 heavy (non-hydrogen) atoms. The lowest BCUT2D eigenvalue weighted by Crippen LogP contribution is -2.38. The number of rotatable bonds is 3. The summed E-state index contributed by atoms with van der Waals surface area (Å²) in [5, 5.41) is 13.4. The minimum Gasteiger partial charge on any atom is -0.463 e. The summed E-state index contributed by atoms with van der Waals surface area (Å²) >= 11 is 5.96. The highest BCUT2D eigenvalue weighted by molar-refractivity contribution is 6.35. The second kappa shape index (κ2) is 4.63. The number of carbonyl (C=O) groups is 1. The van der Waals surface area contributed by atoms with Gasteiger partial charge in [-0.1, -0.05) is 11.6 Å². The van der Waals surface area contributed by atoms with Crippen LogP contribution in [0, 0.1) is 0 Å². The summed E-state index contributed by atoms with van der Waals surface area (Å²) in [5.41, 5.74) is 0.0254. The molecule has 2 rings (SSSR count). The molecule has 0 aliphatic rings. The van der Waals surface area contributed by atoms with Crippen LogP contribution in [0.15, 0.2) is 28.9 Å². The van der Waals surface area contributed by atoms with E-state index in [0.29, 0.717) is 21.6 Å². The molecule has 0 saturated heterocycles. The SMILES string of the molecule is CC(C)(O)CNC(=O)c1ccc(Cl)c2occc12. The number of nitrogens with one attached hydrogen (secondary N) is 1. The Balaban J connectivity index is 2.28. The molecule has 2 N–H and O–H groups in total. The Bertz CT molecular complexity index is 583. The number of fused-ring (bicyclic) bond motifs is 1. The van der Waals surface area contributed by atoms with E-state index in [9.17, 15) is 9.90 Å². The van der Waals surface area contributed by atoms with Crippen molar-refractivity contribution in [3.05, 3.63) is 35.0 Å². The van der Waals surface area contributed by atoms with Gasteiger partial charge in [0.1, 0.15) is 0 Å². The highest BCUT2D eigenvalue weighted by Crippen LogP contribution is 2.27. The van der Waals surface area contributed by atoms with Crippen LogP contribution in [0.25, 0.3) is 11.0 Å². The van der Waals surface area contributed by atoms with E-state index in [1.165, 1.54) is 6.26 Å². The van der Waals surface area contributed by atoms with E-state index in [-0.39, 0.29) is 12.5 Å². The van der Waals surface area contributed by atoms with Crippen LogP contribution in [0.1, 0.15) is 24.2 Å². The minimum atomic E-state index is -0.947. The lowest BCUT2D eigenvalue weighted by molar-refractivity contribution is 0.0695. The molecular weight excluding hydrogens is 254 g/mol. The number of aliphatic hydroxyl groups is 1. The zero-order valence-electron chi connectivity index (χ0n) is 10.2. The number of hydrogen-bond acceptors (Lipinski definition) is 3. The third-order valence-electron chi connectivity index (χ3n) is 2.49. The fourth-order valence-corrected chi connectivity index (χ4v) is 1.83. The van der Waals surface area contributed by atoms with Gasteiger partial charge in [0, 0.05) is 11.9 Å². The van der Waals surface area contributed by atoms with Crippen LogP contribution in [0.4, 0.5) is 0 Å². The van der Waals surface area contributed by atoms with Crippen molar-refractivity contribution >= 4 is 28.5 Å². The van der Waals surface area contributed by atoms with Crippen molar-refractivity contribution in [2.45, 2.75) is 19.4 Å². The summed E-state index contributed by atoms with van der Waals surface area (Å²) in [6, 6.07) is 4.95. The Morgan fingerprint density at radius 1 is 1.44 bits per heavy atom. The molecule has 0 saturated carbocycles. The Labute approximate surface area is 110 Å². The van der Waals surface area contributed by atoms with Gasteiger partial charge in [-0.3, -0.25) is 4.79 Å². The first-order valence-electron chi connectivity index (χ1n) is 5.55. The van der Waals surface area contributed by atoms with Crippen molar-refractivity contribution in [3.63, 3.8) is 0 Å². The molecule has 0 spiro atoms.